The summed E-state index contributed by atoms with van der Waals surface area (Å²) in [5.74, 6) is -0.473. The number of nitrogens with zero attached hydrogens (tertiary/aromatic N) is 5. The zero-order valence-electron chi connectivity index (χ0n) is 20.7. The number of halogens is 3. The lowest BCUT2D eigenvalue weighted by atomic mass is 9.97. The Kier molecular flexibility index (Phi) is 6.80. The van der Waals surface area contributed by atoms with Crippen molar-refractivity contribution < 1.29 is 23.1 Å². The monoisotopic (exact) mass is 539 g/mol. The van der Waals surface area contributed by atoms with Gasteiger partial charge in [-0.25, -0.2) is 0 Å². The fourth-order valence-electron chi connectivity index (χ4n) is 5.12. The maximum absolute atomic E-state index is 13.7. The average molecular weight is 540 g/mol. The van der Waals surface area contributed by atoms with Crippen LogP contribution in [-0.4, -0.2) is 50.6 Å². The van der Waals surface area contributed by atoms with Crippen molar-refractivity contribution in [1.82, 2.24) is 19.6 Å². The minimum absolute atomic E-state index is 0.0288. The van der Waals surface area contributed by atoms with E-state index in [1.54, 1.807) is 32.7 Å². The van der Waals surface area contributed by atoms with Crippen LogP contribution in [0.2, 0.25) is 5.02 Å². The standard InChI is InChI=1S/C27H24ClF2N5O3/c1-15-10-23-21(14-34(15)25(36)18-6-7-22(28)19(11-18)13-31)24-26(37)33(8-9-35(24)32-23)16(2)17-4-3-5-20(12-17)38-27(29)30/h3-7,11-12,15-16,27H,8-10,14H2,1-2H3/t15-,16-/m1/s1. The highest BCUT2D eigenvalue weighted by molar-refractivity contribution is 6.31. The molecule has 196 valence electrons. The molecule has 0 saturated carbocycles. The summed E-state index contributed by atoms with van der Waals surface area (Å²) in [5.41, 5.74) is 3.13. The van der Waals surface area contributed by atoms with Crippen LogP contribution in [-0.2, 0) is 19.5 Å². The molecule has 0 saturated heterocycles. The molecule has 2 amide bonds. The molecule has 38 heavy (non-hydrogen) atoms. The van der Waals surface area contributed by atoms with E-state index in [0.717, 1.165) is 5.69 Å². The Bertz CT molecular complexity index is 1470. The van der Waals surface area contributed by atoms with Crippen LogP contribution in [0.15, 0.2) is 42.5 Å². The summed E-state index contributed by atoms with van der Waals surface area (Å²) in [6, 6.07) is 12.3. The molecule has 0 bridgehead atoms. The van der Waals surface area contributed by atoms with Gasteiger partial charge in [0.25, 0.3) is 11.8 Å². The summed E-state index contributed by atoms with van der Waals surface area (Å²) in [6.45, 7) is 1.88. The van der Waals surface area contributed by atoms with Crippen molar-refractivity contribution in [2.75, 3.05) is 6.54 Å². The fraction of sp³-hybridized carbons (Fsp3) is 0.333. The Morgan fingerprint density at radius 3 is 2.76 bits per heavy atom. The van der Waals surface area contributed by atoms with Crippen LogP contribution in [0.25, 0.3) is 0 Å². The largest absolute Gasteiger partial charge is 0.435 e. The predicted octanol–water partition coefficient (Wildman–Crippen LogP) is 4.81. The third kappa shape index (κ3) is 4.58. The number of carbonyl (C=O) groups excluding carboxylic acids is 2. The molecule has 8 nitrogen and oxygen atoms in total. The molecule has 0 aliphatic carbocycles. The fourth-order valence-corrected chi connectivity index (χ4v) is 5.28. The lowest BCUT2D eigenvalue weighted by Crippen LogP contribution is -2.44. The number of aromatic nitrogens is 2. The van der Waals surface area contributed by atoms with Crippen molar-refractivity contribution in [3.8, 4) is 11.8 Å². The normalized spacial score (nSPS) is 17.6. The highest BCUT2D eigenvalue weighted by atomic mass is 35.5. The molecule has 2 aliphatic heterocycles. The summed E-state index contributed by atoms with van der Waals surface area (Å²) < 4.78 is 31.6. The van der Waals surface area contributed by atoms with E-state index in [1.165, 1.54) is 24.3 Å². The molecule has 2 aliphatic rings. The second-order valence-electron chi connectivity index (χ2n) is 9.42. The minimum Gasteiger partial charge on any atom is -0.435 e. The second-order valence-corrected chi connectivity index (χ2v) is 9.82. The molecular weight excluding hydrogens is 516 g/mol. The van der Waals surface area contributed by atoms with Gasteiger partial charge in [0.05, 0.1) is 35.4 Å². The Morgan fingerprint density at radius 2 is 2.03 bits per heavy atom. The highest BCUT2D eigenvalue weighted by Crippen LogP contribution is 2.33. The molecule has 3 aromatic rings. The molecule has 1 aromatic heterocycles. The first-order valence-corrected chi connectivity index (χ1v) is 12.5. The molecule has 0 unspecified atom stereocenters. The van der Waals surface area contributed by atoms with Gasteiger partial charge >= 0.3 is 6.61 Å². The van der Waals surface area contributed by atoms with Gasteiger partial charge in [0.1, 0.15) is 17.5 Å². The smallest absolute Gasteiger partial charge is 0.387 e. The first-order chi connectivity index (χ1) is 18.2. The number of hydrogen-bond donors (Lipinski definition) is 0. The number of ether oxygens (including phenoxy) is 1. The number of fused-ring (bicyclic) bond motifs is 3. The van der Waals surface area contributed by atoms with Crippen molar-refractivity contribution in [3.63, 3.8) is 0 Å². The van der Waals surface area contributed by atoms with Crippen LogP contribution < -0.4 is 4.74 Å². The molecule has 0 N–H and O–H groups in total. The summed E-state index contributed by atoms with van der Waals surface area (Å²) in [6.07, 6.45) is 0.482. The summed E-state index contributed by atoms with van der Waals surface area (Å²) >= 11 is 6.04. The van der Waals surface area contributed by atoms with Gasteiger partial charge < -0.3 is 14.5 Å². The van der Waals surface area contributed by atoms with Gasteiger partial charge in [-0.3, -0.25) is 14.3 Å². The van der Waals surface area contributed by atoms with Crippen molar-refractivity contribution in [1.29, 1.82) is 5.26 Å². The molecule has 0 fully saturated rings. The van der Waals surface area contributed by atoms with E-state index >= 15 is 0 Å². The maximum Gasteiger partial charge on any atom is 0.387 e. The van der Waals surface area contributed by atoms with E-state index in [9.17, 15) is 23.6 Å². The van der Waals surface area contributed by atoms with Crippen LogP contribution in [0, 0.1) is 11.3 Å². The second kappa shape index (κ2) is 10.1. The van der Waals surface area contributed by atoms with Crippen molar-refractivity contribution in [3.05, 3.63) is 81.1 Å². The number of carbonyl (C=O) groups is 2. The minimum atomic E-state index is -2.94. The van der Waals surface area contributed by atoms with Crippen LogP contribution in [0.4, 0.5) is 8.78 Å². The van der Waals surface area contributed by atoms with Gasteiger partial charge in [0.15, 0.2) is 0 Å². The van der Waals surface area contributed by atoms with Crippen LogP contribution in [0.3, 0.4) is 0 Å². The molecule has 11 heteroatoms. The van der Waals surface area contributed by atoms with E-state index < -0.39 is 12.7 Å². The number of amides is 2. The predicted molar refractivity (Wildman–Crippen MR) is 134 cm³/mol. The Morgan fingerprint density at radius 1 is 1.24 bits per heavy atom. The molecule has 2 aromatic carbocycles. The van der Waals surface area contributed by atoms with Crippen molar-refractivity contribution in [2.24, 2.45) is 0 Å². The number of alkyl halides is 2. The maximum atomic E-state index is 13.7. The van der Waals surface area contributed by atoms with E-state index in [1.807, 2.05) is 19.9 Å². The topological polar surface area (TPSA) is 91.5 Å². The van der Waals surface area contributed by atoms with Gasteiger partial charge in [0, 0.05) is 30.1 Å². The van der Waals surface area contributed by atoms with Crippen LogP contribution in [0.1, 0.15) is 63.1 Å². The zero-order valence-corrected chi connectivity index (χ0v) is 21.5. The Balaban J connectivity index is 1.42. The quantitative estimate of drug-likeness (QED) is 0.464. The summed E-state index contributed by atoms with van der Waals surface area (Å²) in [7, 11) is 0. The van der Waals surface area contributed by atoms with Gasteiger partial charge in [-0.2, -0.15) is 19.1 Å². The lowest BCUT2D eigenvalue weighted by molar-refractivity contribution is -0.0499. The third-order valence-corrected chi connectivity index (χ3v) is 7.46. The van der Waals surface area contributed by atoms with Crippen molar-refractivity contribution >= 4 is 23.4 Å². The van der Waals surface area contributed by atoms with Crippen LogP contribution >= 0.6 is 11.6 Å². The number of nitriles is 1. The lowest BCUT2D eigenvalue weighted by Gasteiger charge is -2.35. The van der Waals surface area contributed by atoms with Gasteiger partial charge in [-0.1, -0.05) is 23.7 Å². The molecule has 3 heterocycles. The van der Waals surface area contributed by atoms with E-state index in [-0.39, 0.29) is 40.7 Å². The Hall–Kier alpha value is -3.97. The molecule has 0 spiro atoms. The Labute approximate surface area is 223 Å². The SMILES string of the molecule is C[C@@H]1Cc2nn3c(c2CN1C(=O)c1ccc(Cl)c(C#N)c1)C(=O)N([C@H](C)c1cccc(OC(F)F)c1)CC3. The number of benzene rings is 2. The molecule has 0 radical (unpaired) electrons. The van der Waals surface area contributed by atoms with Gasteiger partial charge in [-0.05, 0) is 49.7 Å². The molecular formula is C27H24ClF2N5O3. The van der Waals surface area contributed by atoms with Gasteiger partial charge in [-0.15, -0.1) is 0 Å². The summed E-state index contributed by atoms with van der Waals surface area (Å²) in [5, 5.41) is 14.3. The highest BCUT2D eigenvalue weighted by Gasteiger charge is 2.38. The molecule has 5 rings (SSSR count). The van der Waals surface area contributed by atoms with E-state index in [2.05, 4.69) is 9.84 Å². The molecule has 2 atom stereocenters. The summed E-state index contributed by atoms with van der Waals surface area (Å²) in [4.78, 5) is 30.5. The van der Waals surface area contributed by atoms with E-state index in [4.69, 9.17) is 11.6 Å². The van der Waals surface area contributed by atoms with Gasteiger partial charge in [0.2, 0.25) is 0 Å². The number of hydrogen-bond acceptors (Lipinski definition) is 5. The third-order valence-electron chi connectivity index (χ3n) is 7.13. The first-order valence-electron chi connectivity index (χ1n) is 12.1. The number of rotatable bonds is 5. The van der Waals surface area contributed by atoms with Crippen LogP contribution in [0.5, 0.6) is 5.75 Å². The average Bonchev–Trinajstić information content (AvgIpc) is 3.25. The first kappa shape index (κ1) is 25.7. The van der Waals surface area contributed by atoms with Crippen molar-refractivity contribution in [2.45, 2.75) is 52.1 Å². The zero-order chi connectivity index (χ0) is 27.1. The van der Waals surface area contributed by atoms with E-state index in [0.29, 0.717) is 41.9 Å².